The molecule has 1 heterocycles. The van der Waals surface area contributed by atoms with Crippen molar-refractivity contribution in [1.29, 1.82) is 0 Å². The van der Waals surface area contributed by atoms with E-state index in [-0.39, 0.29) is 17.5 Å². The lowest BCUT2D eigenvalue weighted by Gasteiger charge is -2.11. The van der Waals surface area contributed by atoms with Gasteiger partial charge in [-0.15, -0.1) is 0 Å². The van der Waals surface area contributed by atoms with Crippen LogP contribution in [-0.4, -0.2) is 23.8 Å². The van der Waals surface area contributed by atoms with Crippen LogP contribution in [0.25, 0.3) is 10.8 Å². The Morgan fingerprint density at radius 3 is 2.45 bits per heavy atom. The molecule has 0 radical (unpaired) electrons. The molecule has 0 aliphatic carbocycles. The molecule has 0 atom stereocenters. The van der Waals surface area contributed by atoms with Crippen molar-refractivity contribution >= 4 is 50.9 Å². The zero-order valence-corrected chi connectivity index (χ0v) is 18.7. The fourth-order valence-electron chi connectivity index (χ4n) is 3.12. The van der Waals surface area contributed by atoms with Crippen molar-refractivity contribution in [2.45, 2.75) is 0 Å². The van der Waals surface area contributed by atoms with Crippen LogP contribution in [-0.2, 0) is 0 Å². The van der Waals surface area contributed by atoms with Gasteiger partial charge in [-0.25, -0.2) is 0 Å². The molecule has 0 fully saturated rings. The van der Waals surface area contributed by atoms with Gasteiger partial charge in [0.15, 0.2) is 0 Å². The zero-order chi connectivity index (χ0) is 21.8. The Kier molecular flexibility index (Phi) is 6.13. The second-order valence-corrected chi connectivity index (χ2v) is 7.95. The van der Waals surface area contributed by atoms with Crippen LogP contribution in [0.4, 0.5) is 5.69 Å². The molecule has 1 aromatic heterocycles. The normalized spacial score (nSPS) is 10.5. The first-order valence-electron chi connectivity index (χ1n) is 9.49. The molecule has 6 nitrogen and oxygen atoms in total. The van der Waals surface area contributed by atoms with Gasteiger partial charge in [0.05, 0.1) is 0 Å². The maximum Gasteiger partial charge on any atom is 0.269 e. The molecule has 0 saturated carbocycles. The summed E-state index contributed by atoms with van der Waals surface area (Å²) < 4.78 is 7.01. The molecule has 0 aliphatic rings. The highest BCUT2D eigenvalue weighted by Gasteiger charge is 2.12. The smallest absolute Gasteiger partial charge is 0.269 e. The monoisotopic (exact) mass is 523 g/mol. The van der Waals surface area contributed by atoms with Crippen LogP contribution in [0.1, 0.15) is 20.8 Å². The maximum absolute atomic E-state index is 12.8. The molecule has 0 unspecified atom stereocenters. The molecule has 31 heavy (non-hydrogen) atoms. The van der Waals surface area contributed by atoms with Gasteiger partial charge in [0, 0.05) is 34.1 Å². The largest absolute Gasteiger partial charge is 0.457 e. The average Bonchev–Trinajstić information content (AvgIpc) is 2.79. The van der Waals surface area contributed by atoms with Crippen LogP contribution >= 0.6 is 22.6 Å². The van der Waals surface area contributed by atoms with Crippen LogP contribution in [0, 0.1) is 3.57 Å². The number of amides is 2. The lowest BCUT2D eigenvalue weighted by molar-refractivity contribution is 0.0957. The van der Waals surface area contributed by atoms with Crippen LogP contribution in [0.3, 0.4) is 0 Å². The van der Waals surface area contributed by atoms with E-state index in [1.807, 2.05) is 48.5 Å². The molecule has 2 amide bonds. The Morgan fingerprint density at radius 2 is 1.68 bits per heavy atom. The molecule has 4 aromatic rings. The summed E-state index contributed by atoms with van der Waals surface area (Å²) in [4.78, 5) is 28.6. The first kappa shape index (κ1) is 20.8. The minimum atomic E-state index is -0.284. The average molecular weight is 523 g/mol. The lowest BCUT2D eigenvalue weighted by atomic mass is 10.0. The van der Waals surface area contributed by atoms with Gasteiger partial charge in [-0.3, -0.25) is 14.6 Å². The number of ether oxygens (including phenoxy) is 1. The van der Waals surface area contributed by atoms with Gasteiger partial charge >= 0.3 is 0 Å². The number of benzene rings is 3. The van der Waals surface area contributed by atoms with Gasteiger partial charge in [0.1, 0.15) is 17.2 Å². The van der Waals surface area contributed by atoms with Crippen LogP contribution in [0.5, 0.6) is 11.5 Å². The number of carbonyl (C=O) groups is 2. The minimum Gasteiger partial charge on any atom is -0.457 e. The Bertz CT molecular complexity index is 1270. The summed E-state index contributed by atoms with van der Waals surface area (Å²) in [6, 6.07) is 22.0. The molecule has 2 N–H and O–H groups in total. The predicted molar refractivity (Wildman–Crippen MR) is 129 cm³/mol. The third kappa shape index (κ3) is 4.83. The van der Waals surface area contributed by atoms with Gasteiger partial charge in [-0.1, -0.05) is 12.1 Å². The Balaban J connectivity index is 1.59. The van der Waals surface area contributed by atoms with E-state index in [2.05, 4.69) is 38.2 Å². The topological polar surface area (TPSA) is 80.3 Å². The molecule has 7 heteroatoms. The molecule has 154 valence electrons. The van der Waals surface area contributed by atoms with Crippen molar-refractivity contribution in [3.63, 3.8) is 0 Å². The maximum atomic E-state index is 12.8. The van der Waals surface area contributed by atoms with Gasteiger partial charge < -0.3 is 15.4 Å². The number of pyridine rings is 1. The van der Waals surface area contributed by atoms with Gasteiger partial charge in [0.25, 0.3) is 11.8 Å². The fraction of sp³-hybridized carbons (Fsp3) is 0.0417. The summed E-state index contributed by atoms with van der Waals surface area (Å²) in [6.07, 6.45) is 1.52. The van der Waals surface area contributed by atoms with Gasteiger partial charge in [-0.05, 0) is 88.0 Å². The minimum absolute atomic E-state index is 0.176. The fourth-order valence-corrected chi connectivity index (χ4v) is 3.48. The van der Waals surface area contributed by atoms with E-state index in [1.165, 1.54) is 6.20 Å². The Labute approximate surface area is 192 Å². The summed E-state index contributed by atoms with van der Waals surface area (Å²) in [6.45, 7) is 0. The van der Waals surface area contributed by atoms with E-state index in [1.54, 1.807) is 31.3 Å². The lowest BCUT2D eigenvalue weighted by Crippen LogP contribution is -2.18. The molecule has 0 saturated heterocycles. The molecule has 0 aliphatic heterocycles. The molecule has 0 bridgehead atoms. The van der Waals surface area contributed by atoms with E-state index in [0.717, 1.165) is 20.0 Å². The van der Waals surface area contributed by atoms with E-state index in [9.17, 15) is 9.59 Å². The highest BCUT2D eigenvalue weighted by molar-refractivity contribution is 14.1. The number of hydrogen-bond acceptors (Lipinski definition) is 4. The third-order valence-corrected chi connectivity index (χ3v) is 5.34. The van der Waals surface area contributed by atoms with Crippen molar-refractivity contribution in [2.24, 2.45) is 0 Å². The van der Waals surface area contributed by atoms with Crippen LogP contribution in [0.2, 0.25) is 0 Å². The second kappa shape index (κ2) is 9.13. The third-order valence-electron chi connectivity index (χ3n) is 4.63. The molecule has 4 rings (SSSR count). The predicted octanol–water partition coefficient (Wildman–Crippen LogP) is 5.24. The quantitative estimate of drug-likeness (QED) is 0.351. The number of nitrogens with one attached hydrogen (secondary N) is 2. The summed E-state index contributed by atoms with van der Waals surface area (Å²) in [5, 5.41) is 7.16. The summed E-state index contributed by atoms with van der Waals surface area (Å²) in [5.74, 6) is 0.634. The van der Waals surface area contributed by atoms with Crippen molar-refractivity contribution in [3.8, 4) is 11.5 Å². The molecule has 0 spiro atoms. The SMILES string of the molecule is CNC(=O)c1cc(Oc2ccc3c(C(=O)Nc4ccc(I)cc4)cccc3c2)ccn1. The number of rotatable bonds is 5. The number of anilines is 1. The number of carbonyl (C=O) groups excluding carboxylic acids is 2. The van der Waals surface area contributed by atoms with E-state index in [4.69, 9.17) is 4.74 Å². The van der Waals surface area contributed by atoms with Crippen LogP contribution < -0.4 is 15.4 Å². The summed E-state index contributed by atoms with van der Waals surface area (Å²) >= 11 is 2.22. The molecular weight excluding hydrogens is 505 g/mol. The molecule has 3 aromatic carbocycles. The number of hydrogen-bond donors (Lipinski definition) is 2. The summed E-state index contributed by atoms with van der Waals surface area (Å²) in [7, 11) is 1.55. The van der Waals surface area contributed by atoms with Gasteiger partial charge in [0.2, 0.25) is 0 Å². The number of halogens is 1. The highest BCUT2D eigenvalue weighted by atomic mass is 127. The second-order valence-electron chi connectivity index (χ2n) is 6.71. The number of nitrogens with zero attached hydrogens (tertiary/aromatic N) is 1. The van der Waals surface area contributed by atoms with Crippen molar-refractivity contribution < 1.29 is 14.3 Å². The number of aromatic nitrogens is 1. The molecular formula is C24H18IN3O3. The van der Waals surface area contributed by atoms with E-state index >= 15 is 0 Å². The Morgan fingerprint density at radius 1 is 0.903 bits per heavy atom. The zero-order valence-electron chi connectivity index (χ0n) is 16.6. The van der Waals surface area contributed by atoms with E-state index in [0.29, 0.717) is 17.1 Å². The van der Waals surface area contributed by atoms with Gasteiger partial charge in [-0.2, -0.15) is 0 Å². The first-order chi connectivity index (χ1) is 15.0. The van der Waals surface area contributed by atoms with Crippen molar-refractivity contribution in [2.75, 3.05) is 12.4 Å². The number of fused-ring (bicyclic) bond motifs is 1. The highest BCUT2D eigenvalue weighted by Crippen LogP contribution is 2.28. The van der Waals surface area contributed by atoms with Crippen LogP contribution in [0.15, 0.2) is 79.0 Å². The summed E-state index contributed by atoms with van der Waals surface area (Å²) in [5.41, 5.74) is 1.59. The van der Waals surface area contributed by atoms with Crippen molar-refractivity contribution in [1.82, 2.24) is 10.3 Å². The first-order valence-corrected chi connectivity index (χ1v) is 10.6. The van der Waals surface area contributed by atoms with Crippen molar-refractivity contribution in [3.05, 3.63) is 93.8 Å². The standard InChI is InChI=1S/C24H18IN3O3/c1-26-24(30)22-14-19(11-12-27-22)31-18-9-10-20-15(13-18)3-2-4-21(20)23(29)28-17-7-5-16(25)6-8-17/h2-14H,1H3,(H,26,30)(H,28,29). The Hall–Kier alpha value is -3.46. The van der Waals surface area contributed by atoms with E-state index < -0.39 is 0 Å².